The molecule has 0 heterocycles. The van der Waals surface area contributed by atoms with Crippen LogP contribution in [-0.2, 0) is 11.8 Å². The van der Waals surface area contributed by atoms with Crippen LogP contribution in [0.1, 0.15) is 34.8 Å². The highest BCUT2D eigenvalue weighted by atomic mass is 16.1. The Bertz CT molecular complexity index is 586. The van der Waals surface area contributed by atoms with E-state index in [0.717, 1.165) is 12.0 Å². The molecule has 0 aromatic heterocycles. The van der Waals surface area contributed by atoms with Gasteiger partial charge in [-0.3, -0.25) is 4.79 Å². The van der Waals surface area contributed by atoms with E-state index in [0.29, 0.717) is 6.42 Å². The summed E-state index contributed by atoms with van der Waals surface area (Å²) in [5.41, 5.74) is 3.37. The van der Waals surface area contributed by atoms with E-state index in [2.05, 4.69) is 37.3 Å². The topological polar surface area (TPSA) is 17.1 Å². The van der Waals surface area contributed by atoms with Gasteiger partial charge in [0.25, 0.3) is 0 Å². The van der Waals surface area contributed by atoms with Crippen LogP contribution in [0, 0.1) is 0 Å². The van der Waals surface area contributed by atoms with E-state index in [1.54, 1.807) is 0 Å². The minimum Gasteiger partial charge on any atom is -0.294 e. The second kappa shape index (κ2) is 4.09. The van der Waals surface area contributed by atoms with Crippen LogP contribution in [0.4, 0.5) is 0 Å². The van der Waals surface area contributed by atoms with Crippen LogP contribution in [0.2, 0.25) is 0 Å². The molecule has 1 aliphatic carbocycles. The van der Waals surface area contributed by atoms with Crippen LogP contribution < -0.4 is 0 Å². The van der Waals surface area contributed by atoms with Gasteiger partial charge in [0.15, 0.2) is 5.78 Å². The quantitative estimate of drug-likeness (QED) is 0.775. The van der Waals surface area contributed by atoms with Gasteiger partial charge in [0.05, 0.1) is 0 Å². The first-order valence-corrected chi connectivity index (χ1v) is 6.36. The van der Waals surface area contributed by atoms with Gasteiger partial charge in [0.2, 0.25) is 0 Å². The summed E-state index contributed by atoms with van der Waals surface area (Å²) in [7, 11) is 0. The van der Waals surface area contributed by atoms with Crippen LogP contribution in [0.15, 0.2) is 54.6 Å². The van der Waals surface area contributed by atoms with E-state index in [1.165, 1.54) is 11.1 Å². The second-order valence-electron chi connectivity index (χ2n) is 5.37. The maximum atomic E-state index is 12.1. The molecule has 0 saturated heterocycles. The second-order valence-corrected chi connectivity index (χ2v) is 5.37. The first-order valence-electron chi connectivity index (χ1n) is 6.36. The van der Waals surface area contributed by atoms with Crippen molar-refractivity contribution in [3.8, 4) is 0 Å². The molecule has 0 radical (unpaired) electrons. The fourth-order valence-corrected chi connectivity index (χ4v) is 3.00. The summed E-state index contributed by atoms with van der Waals surface area (Å²) >= 11 is 0. The molecule has 0 N–H and O–H groups in total. The van der Waals surface area contributed by atoms with Gasteiger partial charge in [-0.2, -0.15) is 0 Å². The summed E-state index contributed by atoms with van der Waals surface area (Å²) < 4.78 is 0. The summed E-state index contributed by atoms with van der Waals surface area (Å²) in [6.45, 7) is 2.20. The minimum atomic E-state index is -0.0466. The Hall–Kier alpha value is -1.89. The molecule has 3 rings (SSSR count). The Balaban J connectivity index is 2.00. The van der Waals surface area contributed by atoms with Crippen LogP contribution in [0.5, 0.6) is 0 Å². The van der Waals surface area contributed by atoms with E-state index >= 15 is 0 Å². The Labute approximate surface area is 107 Å². The first-order chi connectivity index (χ1) is 8.69. The number of carbonyl (C=O) groups excluding carboxylic acids is 1. The predicted octanol–water partition coefficient (Wildman–Crippen LogP) is 3.77. The molecule has 1 nitrogen and oxygen atoms in total. The predicted molar refractivity (Wildman–Crippen MR) is 72.9 cm³/mol. The van der Waals surface area contributed by atoms with Gasteiger partial charge in [-0.05, 0) is 17.5 Å². The lowest BCUT2D eigenvalue weighted by molar-refractivity contribution is 0.0976. The molecule has 0 spiro atoms. The molecule has 0 fully saturated rings. The van der Waals surface area contributed by atoms with Crippen molar-refractivity contribution in [2.45, 2.75) is 25.2 Å². The zero-order chi connectivity index (χ0) is 12.6. The molecule has 1 heteroatoms. The van der Waals surface area contributed by atoms with E-state index in [4.69, 9.17) is 0 Å². The Morgan fingerprint density at radius 2 is 1.67 bits per heavy atom. The Morgan fingerprint density at radius 3 is 2.44 bits per heavy atom. The highest BCUT2D eigenvalue weighted by Crippen LogP contribution is 2.40. The monoisotopic (exact) mass is 236 g/mol. The molecule has 2 aromatic rings. The third-order valence-corrected chi connectivity index (χ3v) is 3.87. The van der Waals surface area contributed by atoms with Crippen molar-refractivity contribution >= 4 is 5.78 Å². The maximum absolute atomic E-state index is 12.1. The molecule has 0 bridgehead atoms. The van der Waals surface area contributed by atoms with E-state index in [9.17, 15) is 4.79 Å². The summed E-state index contributed by atoms with van der Waals surface area (Å²) in [6.07, 6.45) is 1.55. The summed E-state index contributed by atoms with van der Waals surface area (Å²) in [5, 5.41) is 0. The van der Waals surface area contributed by atoms with Crippen molar-refractivity contribution in [2.24, 2.45) is 0 Å². The van der Waals surface area contributed by atoms with Crippen molar-refractivity contribution in [3.05, 3.63) is 71.3 Å². The molecule has 1 aliphatic rings. The molecule has 0 amide bonds. The smallest absolute Gasteiger partial charge is 0.164 e. The van der Waals surface area contributed by atoms with Gasteiger partial charge < -0.3 is 0 Å². The number of ketones is 1. The number of benzene rings is 2. The molecule has 1 atom stereocenters. The van der Waals surface area contributed by atoms with Crippen LogP contribution in [0.3, 0.4) is 0 Å². The van der Waals surface area contributed by atoms with Gasteiger partial charge in [-0.15, -0.1) is 0 Å². The largest absolute Gasteiger partial charge is 0.294 e. The zero-order valence-corrected chi connectivity index (χ0v) is 10.5. The highest BCUT2D eigenvalue weighted by molar-refractivity contribution is 6.02. The van der Waals surface area contributed by atoms with Gasteiger partial charge >= 0.3 is 0 Å². The zero-order valence-electron chi connectivity index (χ0n) is 10.5. The molecule has 1 unspecified atom stereocenters. The number of fused-ring (bicyclic) bond motifs is 1. The third-order valence-electron chi connectivity index (χ3n) is 3.87. The van der Waals surface area contributed by atoms with Gasteiger partial charge in [0.1, 0.15) is 0 Å². The molecule has 18 heavy (non-hydrogen) atoms. The standard InChI is InChI=1S/C17H16O/c1-17(11-13-7-3-2-4-8-13)12-16(18)14-9-5-6-10-15(14)17/h2-10H,11-12H2,1H3. The van der Waals surface area contributed by atoms with Gasteiger partial charge in [-0.1, -0.05) is 61.5 Å². The third kappa shape index (κ3) is 1.76. The van der Waals surface area contributed by atoms with Crippen molar-refractivity contribution in [1.82, 2.24) is 0 Å². The molecule has 2 aromatic carbocycles. The molecule has 0 saturated carbocycles. The molecular weight excluding hydrogens is 220 g/mol. The first kappa shape index (κ1) is 11.2. The minimum absolute atomic E-state index is 0.0466. The van der Waals surface area contributed by atoms with Gasteiger partial charge in [-0.25, -0.2) is 0 Å². The van der Waals surface area contributed by atoms with E-state index in [-0.39, 0.29) is 11.2 Å². The number of hydrogen-bond acceptors (Lipinski definition) is 1. The lowest BCUT2D eigenvalue weighted by atomic mass is 9.78. The molecule has 90 valence electrons. The lowest BCUT2D eigenvalue weighted by Crippen LogP contribution is -2.22. The van der Waals surface area contributed by atoms with Crippen LogP contribution >= 0.6 is 0 Å². The van der Waals surface area contributed by atoms with E-state index in [1.807, 2.05) is 24.3 Å². The Kier molecular flexibility index (Phi) is 2.55. The summed E-state index contributed by atoms with van der Waals surface area (Å²) in [5.74, 6) is 0.282. The SMILES string of the molecule is CC1(Cc2ccccc2)CC(=O)c2ccccc21. The fourth-order valence-electron chi connectivity index (χ4n) is 3.00. The van der Waals surface area contributed by atoms with Crippen molar-refractivity contribution in [1.29, 1.82) is 0 Å². The number of hydrogen-bond donors (Lipinski definition) is 0. The summed E-state index contributed by atoms with van der Waals surface area (Å²) in [6, 6.07) is 18.4. The number of carbonyl (C=O) groups is 1. The van der Waals surface area contributed by atoms with Crippen LogP contribution in [0.25, 0.3) is 0 Å². The summed E-state index contributed by atoms with van der Waals surface area (Å²) in [4.78, 5) is 12.1. The van der Waals surface area contributed by atoms with E-state index < -0.39 is 0 Å². The average Bonchev–Trinajstić information content (AvgIpc) is 2.63. The fraction of sp³-hybridized carbons (Fsp3) is 0.235. The average molecular weight is 236 g/mol. The van der Waals surface area contributed by atoms with Crippen molar-refractivity contribution in [3.63, 3.8) is 0 Å². The Morgan fingerprint density at radius 1 is 1.00 bits per heavy atom. The molecular formula is C17H16O. The van der Waals surface area contributed by atoms with Crippen molar-refractivity contribution < 1.29 is 4.79 Å². The number of Topliss-reactive ketones (excluding diaryl/α,β-unsaturated/α-hetero) is 1. The van der Waals surface area contributed by atoms with Crippen LogP contribution in [-0.4, -0.2) is 5.78 Å². The highest BCUT2D eigenvalue weighted by Gasteiger charge is 2.39. The molecule has 0 aliphatic heterocycles. The normalized spacial score (nSPS) is 21.9. The number of rotatable bonds is 2. The van der Waals surface area contributed by atoms with Crippen molar-refractivity contribution in [2.75, 3.05) is 0 Å². The van der Waals surface area contributed by atoms with Gasteiger partial charge in [0, 0.05) is 17.4 Å². The maximum Gasteiger partial charge on any atom is 0.164 e. The lowest BCUT2D eigenvalue weighted by Gasteiger charge is -2.24.